The van der Waals surface area contributed by atoms with E-state index in [1.807, 2.05) is 36.2 Å². The Kier molecular flexibility index (Phi) is 3.44. The number of carbonyl (C=O) groups excluding carboxylic acids is 1. The molecule has 1 amide bonds. The third-order valence-electron chi connectivity index (χ3n) is 2.80. The molecule has 0 aromatic heterocycles. The Labute approximate surface area is 101 Å². The largest absolute Gasteiger partial charge is 0.395 e. The van der Waals surface area contributed by atoms with Crippen molar-refractivity contribution >= 4 is 12.0 Å². The molecular formula is C13H16N2O2. The molecule has 0 fully saturated rings. The summed E-state index contributed by atoms with van der Waals surface area (Å²) in [6.07, 6.45) is 1.88. The van der Waals surface area contributed by atoms with Crippen LogP contribution in [0.2, 0.25) is 0 Å². The Morgan fingerprint density at radius 2 is 2.24 bits per heavy atom. The first-order chi connectivity index (χ1) is 8.22. The predicted molar refractivity (Wildman–Crippen MR) is 66.0 cm³/mol. The van der Waals surface area contributed by atoms with E-state index in [1.54, 1.807) is 0 Å². The zero-order valence-corrected chi connectivity index (χ0v) is 9.81. The fourth-order valence-corrected chi connectivity index (χ4v) is 1.92. The molecule has 1 aliphatic rings. The number of nitrogens with zero attached hydrogens (tertiary/aromatic N) is 1. The van der Waals surface area contributed by atoms with E-state index < -0.39 is 0 Å². The minimum absolute atomic E-state index is 0.0423. The van der Waals surface area contributed by atoms with Crippen molar-refractivity contribution in [1.29, 1.82) is 0 Å². The van der Waals surface area contributed by atoms with Gasteiger partial charge in [0.25, 0.3) is 5.91 Å². The summed E-state index contributed by atoms with van der Waals surface area (Å²) in [7, 11) is 1.89. The highest BCUT2D eigenvalue weighted by atomic mass is 16.3. The van der Waals surface area contributed by atoms with Gasteiger partial charge in [0, 0.05) is 20.1 Å². The van der Waals surface area contributed by atoms with Crippen molar-refractivity contribution in [2.75, 3.05) is 20.2 Å². The number of hydrogen-bond acceptors (Lipinski definition) is 3. The fourth-order valence-electron chi connectivity index (χ4n) is 1.92. The summed E-state index contributed by atoms with van der Waals surface area (Å²) < 4.78 is 0. The van der Waals surface area contributed by atoms with Crippen molar-refractivity contribution in [2.45, 2.75) is 6.54 Å². The van der Waals surface area contributed by atoms with Gasteiger partial charge in [0.05, 0.1) is 6.61 Å². The first-order valence-corrected chi connectivity index (χ1v) is 5.62. The van der Waals surface area contributed by atoms with Gasteiger partial charge >= 0.3 is 0 Å². The van der Waals surface area contributed by atoms with Crippen LogP contribution in [-0.4, -0.2) is 36.1 Å². The lowest BCUT2D eigenvalue weighted by Crippen LogP contribution is -2.35. The van der Waals surface area contributed by atoms with Crippen molar-refractivity contribution in [2.24, 2.45) is 0 Å². The van der Waals surface area contributed by atoms with Gasteiger partial charge in [0.15, 0.2) is 0 Å². The van der Waals surface area contributed by atoms with E-state index in [-0.39, 0.29) is 19.1 Å². The van der Waals surface area contributed by atoms with E-state index in [0.717, 1.165) is 12.1 Å². The van der Waals surface area contributed by atoms with Gasteiger partial charge in [-0.3, -0.25) is 4.79 Å². The molecule has 0 saturated carbocycles. The molecule has 2 N–H and O–H groups in total. The molecule has 0 saturated heterocycles. The highest BCUT2D eigenvalue weighted by Gasteiger charge is 2.19. The second kappa shape index (κ2) is 5.01. The van der Waals surface area contributed by atoms with Gasteiger partial charge in [0.1, 0.15) is 5.70 Å². The molecule has 90 valence electrons. The van der Waals surface area contributed by atoms with Gasteiger partial charge in [-0.1, -0.05) is 24.3 Å². The van der Waals surface area contributed by atoms with E-state index in [2.05, 4.69) is 11.4 Å². The molecule has 0 spiro atoms. The van der Waals surface area contributed by atoms with Crippen molar-refractivity contribution in [3.63, 3.8) is 0 Å². The maximum Gasteiger partial charge on any atom is 0.267 e. The lowest BCUT2D eigenvalue weighted by Gasteiger charge is -2.27. The van der Waals surface area contributed by atoms with Crippen LogP contribution in [0.15, 0.2) is 30.0 Å². The second-order valence-corrected chi connectivity index (χ2v) is 4.06. The van der Waals surface area contributed by atoms with Gasteiger partial charge in [0.2, 0.25) is 0 Å². The number of aliphatic hydroxyl groups is 1. The second-order valence-electron chi connectivity index (χ2n) is 4.06. The van der Waals surface area contributed by atoms with Crippen LogP contribution in [0.5, 0.6) is 0 Å². The number of hydrogen-bond donors (Lipinski definition) is 2. The Morgan fingerprint density at radius 1 is 1.47 bits per heavy atom. The molecule has 4 nitrogen and oxygen atoms in total. The SMILES string of the molecule is CN1Cc2ccccc2C=C1C(=O)NCCO. The van der Waals surface area contributed by atoms with Crippen LogP contribution in [0.4, 0.5) is 0 Å². The maximum absolute atomic E-state index is 11.8. The first-order valence-electron chi connectivity index (χ1n) is 5.62. The molecule has 0 bridgehead atoms. The molecule has 0 radical (unpaired) electrons. The predicted octanol–water partition coefficient (Wildman–Crippen LogP) is 0.581. The highest BCUT2D eigenvalue weighted by Crippen LogP contribution is 2.22. The molecule has 1 aliphatic heterocycles. The van der Waals surface area contributed by atoms with Gasteiger partial charge in [-0.15, -0.1) is 0 Å². The van der Waals surface area contributed by atoms with Gasteiger partial charge in [-0.25, -0.2) is 0 Å². The molecular weight excluding hydrogens is 216 g/mol. The molecule has 17 heavy (non-hydrogen) atoms. The van der Waals surface area contributed by atoms with Crippen molar-refractivity contribution in [1.82, 2.24) is 10.2 Å². The molecule has 0 unspecified atom stereocenters. The fraction of sp³-hybridized carbons (Fsp3) is 0.308. The minimum Gasteiger partial charge on any atom is -0.395 e. The van der Waals surface area contributed by atoms with Crippen LogP contribution in [0, 0.1) is 0 Å². The van der Waals surface area contributed by atoms with Crippen LogP contribution in [0.25, 0.3) is 6.08 Å². The number of amides is 1. The molecule has 0 aliphatic carbocycles. The summed E-state index contributed by atoms with van der Waals surface area (Å²) in [4.78, 5) is 13.8. The number of likely N-dealkylation sites (N-methyl/N-ethyl adjacent to an activating group) is 1. The summed E-state index contributed by atoms with van der Waals surface area (Å²) >= 11 is 0. The topological polar surface area (TPSA) is 52.6 Å². The normalized spacial score (nSPS) is 14.0. The summed E-state index contributed by atoms with van der Waals surface area (Å²) in [5, 5.41) is 11.4. The van der Waals surface area contributed by atoms with Crippen LogP contribution < -0.4 is 5.32 Å². The van der Waals surface area contributed by atoms with Crippen LogP contribution >= 0.6 is 0 Å². The van der Waals surface area contributed by atoms with Crippen molar-refractivity contribution < 1.29 is 9.90 Å². The summed E-state index contributed by atoms with van der Waals surface area (Å²) in [5.41, 5.74) is 2.94. The smallest absolute Gasteiger partial charge is 0.267 e. The summed E-state index contributed by atoms with van der Waals surface area (Å²) in [6.45, 7) is 0.972. The third kappa shape index (κ3) is 2.47. The zero-order chi connectivity index (χ0) is 12.3. The van der Waals surface area contributed by atoms with Gasteiger partial charge < -0.3 is 15.3 Å². The van der Waals surface area contributed by atoms with Gasteiger partial charge in [-0.2, -0.15) is 0 Å². The van der Waals surface area contributed by atoms with E-state index in [4.69, 9.17) is 5.11 Å². The monoisotopic (exact) mass is 232 g/mol. The van der Waals surface area contributed by atoms with E-state index in [0.29, 0.717) is 5.70 Å². The zero-order valence-electron chi connectivity index (χ0n) is 9.81. The lowest BCUT2D eigenvalue weighted by molar-refractivity contribution is -0.119. The third-order valence-corrected chi connectivity index (χ3v) is 2.80. The van der Waals surface area contributed by atoms with Crippen LogP contribution in [0.1, 0.15) is 11.1 Å². The quantitative estimate of drug-likeness (QED) is 0.801. The lowest BCUT2D eigenvalue weighted by atomic mass is 10.0. The molecule has 1 aromatic rings. The van der Waals surface area contributed by atoms with E-state index >= 15 is 0 Å². The van der Waals surface area contributed by atoms with Gasteiger partial charge in [-0.05, 0) is 17.2 Å². The average molecular weight is 232 g/mol. The maximum atomic E-state index is 11.8. The number of benzene rings is 1. The average Bonchev–Trinajstić information content (AvgIpc) is 2.35. The summed E-state index contributed by atoms with van der Waals surface area (Å²) in [6, 6.07) is 8.02. The molecule has 1 heterocycles. The number of fused-ring (bicyclic) bond motifs is 1. The highest BCUT2D eigenvalue weighted by molar-refractivity contribution is 5.97. The van der Waals surface area contributed by atoms with Crippen LogP contribution in [0.3, 0.4) is 0 Å². The van der Waals surface area contributed by atoms with E-state index in [1.165, 1.54) is 5.56 Å². The van der Waals surface area contributed by atoms with Crippen molar-refractivity contribution in [3.05, 3.63) is 41.1 Å². The number of nitrogens with one attached hydrogen (secondary N) is 1. The molecule has 2 rings (SSSR count). The Hall–Kier alpha value is -1.81. The minimum atomic E-state index is -0.143. The van der Waals surface area contributed by atoms with Crippen LogP contribution in [-0.2, 0) is 11.3 Å². The Balaban J connectivity index is 2.23. The molecule has 0 atom stereocenters. The standard InChI is InChI=1S/C13H16N2O2/c1-15-9-11-5-3-2-4-10(11)8-12(15)13(17)14-6-7-16/h2-5,8,16H,6-7,9H2,1H3,(H,14,17). The number of carbonyl (C=O) groups is 1. The van der Waals surface area contributed by atoms with E-state index in [9.17, 15) is 4.79 Å². The first kappa shape index (κ1) is 11.7. The number of aliphatic hydroxyl groups excluding tert-OH is 1. The Morgan fingerprint density at radius 3 is 3.00 bits per heavy atom. The Bertz CT molecular complexity index is 454. The molecule has 4 heteroatoms. The van der Waals surface area contributed by atoms with Crippen molar-refractivity contribution in [3.8, 4) is 0 Å². The summed E-state index contributed by atoms with van der Waals surface area (Å²) in [5.74, 6) is -0.143. The number of rotatable bonds is 3. The molecule has 1 aromatic carbocycles.